The molecule has 0 saturated heterocycles. The number of rotatable bonds is 32. The lowest BCUT2D eigenvalue weighted by Gasteiger charge is -2.19. The molecule has 0 aliphatic heterocycles. The number of hydrogen-bond acceptors (Lipinski definition) is 14. The number of nitrogens with one attached hydrogen (secondary N) is 1. The molecule has 15 nitrogen and oxygen atoms in total. The fourth-order valence-corrected chi connectivity index (χ4v) is 4.27. The summed E-state index contributed by atoms with van der Waals surface area (Å²) in [6.45, 7) is 15.2. The molecule has 0 aliphatic carbocycles. The van der Waals surface area contributed by atoms with Crippen molar-refractivity contribution in [1.29, 1.82) is 0 Å². The van der Waals surface area contributed by atoms with Crippen LogP contribution in [0, 0.1) is 6.92 Å². The standard InChI is InChI=1S/C32H57NO14S/c1-29-5-7-30(8-6-29)48(35,36)46-28-27-45-26-25-44-24-23-43-22-21-42-20-19-41-18-17-40-16-15-39-14-13-38-12-11-37-10-9-33-31(34)47-32(2,3)4/h5-8H,9-28H2,1-4H3,(H,33,34). The Hall–Kier alpha value is -1.96. The third kappa shape index (κ3) is 27.9. The second-order valence-corrected chi connectivity index (χ2v) is 12.6. The van der Waals surface area contributed by atoms with E-state index in [0.717, 1.165) is 5.56 Å². The summed E-state index contributed by atoms with van der Waals surface area (Å²) in [5, 5.41) is 2.62. The molecule has 0 aromatic heterocycles. The maximum atomic E-state index is 12.1. The number of hydrogen-bond donors (Lipinski definition) is 1. The highest BCUT2D eigenvalue weighted by atomic mass is 32.2. The third-order valence-electron chi connectivity index (χ3n) is 5.67. The fourth-order valence-electron chi connectivity index (χ4n) is 3.38. The molecular weight excluding hydrogens is 654 g/mol. The molecule has 280 valence electrons. The van der Waals surface area contributed by atoms with Gasteiger partial charge >= 0.3 is 6.09 Å². The summed E-state index contributed by atoms with van der Waals surface area (Å²) in [5.41, 5.74) is 0.453. The van der Waals surface area contributed by atoms with Crippen LogP contribution in [0.5, 0.6) is 0 Å². The molecule has 0 aliphatic rings. The number of alkyl carbamates (subject to hydrolysis) is 1. The van der Waals surface area contributed by atoms with Crippen molar-refractivity contribution in [3.63, 3.8) is 0 Å². The highest BCUT2D eigenvalue weighted by Gasteiger charge is 2.15. The predicted molar refractivity (Wildman–Crippen MR) is 176 cm³/mol. The lowest BCUT2D eigenvalue weighted by Crippen LogP contribution is -2.34. The minimum absolute atomic E-state index is 0.0639. The normalized spacial score (nSPS) is 12.0. The van der Waals surface area contributed by atoms with E-state index in [0.29, 0.717) is 119 Å². The Morgan fingerprint density at radius 2 is 0.854 bits per heavy atom. The van der Waals surface area contributed by atoms with Gasteiger partial charge in [0, 0.05) is 6.54 Å². The third-order valence-corrected chi connectivity index (χ3v) is 6.99. The molecule has 0 unspecified atom stereocenters. The molecule has 0 atom stereocenters. The van der Waals surface area contributed by atoms with E-state index in [1.54, 1.807) is 12.1 Å². The molecule has 0 saturated carbocycles. The van der Waals surface area contributed by atoms with E-state index < -0.39 is 21.8 Å². The number of amides is 1. The Morgan fingerprint density at radius 3 is 1.19 bits per heavy atom. The molecule has 1 N–H and O–H groups in total. The number of aryl methyl sites for hydroxylation is 1. The molecule has 0 fully saturated rings. The second-order valence-electron chi connectivity index (χ2n) is 11.0. The lowest BCUT2D eigenvalue weighted by atomic mass is 10.2. The van der Waals surface area contributed by atoms with Gasteiger partial charge in [0.1, 0.15) is 5.60 Å². The monoisotopic (exact) mass is 711 g/mol. The maximum absolute atomic E-state index is 12.1. The van der Waals surface area contributed by atoms with Crippen LogP contribution in [0.4, 0.5) is 4.79 Å². The van der Waals surface area contributed by atoms with E-state index in [4.69, 9.17) is 51.6 Å². The molecule has 1 aromatic carbocycles. The Kier molecular flexibility index (Phi) is 26.5. The topological polar surface area (TPSA) is 165 Å². The number of carbonyl (C=O) groups is 1. The van der Waals surface area contributed by atoms with Crippen molar-refractivity contribution in [2.75, 3.05) is 132 Å². The zero-order valence-electron chi connectivity index (χ0n) is 29.1. The number of benzene rings is 1. The van der Waals surface area contributed by atoms with Crippen LogP contribution in [0.2, 0.25) is 0 Å². The Bertz CT molecular complexity index is 1010. The van der Waals surface area contributed by atoms with Crippen LogP contribution in [-0.4, -0.2) is 152 Å². The van der Waals surface area contributed by atoms with Gasteiger partial charge in [-0.3, -0.25) is 4.18 Å². The zero-order valence-corrected chi connectivity index (χ0v) is 29.9. The predicted octanol–water partition coefficient (Wildman–Crippen LogP) is 2.37. The van der Waals surface area contributed by atoms with Gasteiger partial charge in [-0.25, -0.2) is 4.79 Å². The van der Waals surface area contributed by atoms with Crippen LogP contribution in [0.1, 0.15) is 26.3 Å². The van der Waals surface area contributed by atoms with Gasteiger partial charge in [0.15, 0.2) is 0 Å². The van der Waals surface area contributed by atoms with Crippen LogP contribution in [-0.2, 0) is 61.7 Å². The van der Waals surface area contributed by atoms with Gasteiger partial charge in [-0.05, 0) is 39.8 Å². The van der Waals surface area contributed by atoms with E-state index in [-0.39, 0.29) is 18.1 Å². The van der Waals surface area contributed by atoms with Crippen LogP contribution in [0.3, 0.4) is 0 Å². The lowest BCUT2D eigenvalue weighted by molar-refractivity contribution is -0.0253. The first kappa shape index (κ1) is 44.1. The first-order chi connectivity index (χ1) is 23.1. The molecule has 0 heterocycles. The van der Waals surface area contributed by atoms with Gasteiger partial charge in [-0.2, -0.15) is 8.42 Å². The van der Waals surface area contributed by atoms with Crippen LogP contribution >= 0.6 is 0 Å². The SMILES string of the molecule is Cc1ccc(S(=O)(=O)OCCOCCOCCOCCOCCOCCOCCOCCOCCOCCNC(=O)OC(C)(C)C)cc1. The van der Waals surface area contributed by atoms with Gasteiger partial charge in [0.2, 0.25) is 0 Å². The quantitative estimate of drug-likeness (QED) is 0.0856. The van der Waals surface area contributed by atoms with E-state index in [1.807, 2.05) is 27.7 Å². The van der Waals surface area contributed by atoms with Gasteiger partial charge in [0.25, 0.3) is 10.1 Å². The average Bonchev–Trinajstić information content (AvgIpc) is 3.03. The number of ether oxygens (including phenoxy) is 10. The molecular formula is C32H57NO14S. The van der Waals surface area contributed by atoms with E-state index in [9.17, 15) is 13.2 Å². The average molecular weight is 712 g/mol. The first-order valence-corrected chi connectivity index (χ1v) is 17.6. The molecule has 0 bridgehead atoms. The summed E-state index contributed by atoms with van der Waals surface area (Å²) in [6, 6.07) is 6.47. The van der Waals surface area contributed by atoms with Gasteiger partial charge < -0.3 is 52.7 Å². The largest absolute Gasteiger partial charge is 0.444 e. The van der Waals surface area contributed by atoms with Crippen LogP contribution < -0.4 is 5.32 Å². The summed E-state index contributed by atoms with van der Waals surface area (Å²) in [6.07, 6.45) is -0.460. The summed E-state index contributed by atoms with van der Waals surface area (Å²) in [4.78, 5) is 11.6. The molecule has 1 amide bonds. The first-order valence-electron chi connectivity index (χ1n) is 16.2. The molecule has 48 heavy (non-hydrogen) atoms. The second kappa shape index (κ2) is 28.8. The van der Waals surface area contributed by atoms with Crippen molar-refractivity contribution in [2.45, 2.75) is 38.2 Å². The van der Waals surface area contributed by atoms with E-state index >= 15 is 0 Å². The van der Waals surface area contributed by atoms with Crippen molar-refractivity contribution in [3.05, 3.63) is 29.8 Å². The van der Waals surface area contributed by atoms with Crippen molar-refractivity contribution in [3.8, 4) is 0 Å². The van der Waals surface area contributed by atoms with E-state index in [1.165, 1.54) is 12.1 Å². The van der Waals surface area contributed by atoms with Gasteiger partial charge in [-0.15, -0.1) is 0 Å². The fraction of sp³-hybridized carbons (Fsp3) is 0.781. The molecule has 16 heteroatoms. The highest BCUT2D eigenvalue weighted by Crippen LogP contribution is 2.13. The Balaban J connectivity index is 1.70. The smallest absolute Gasteiger partial charge is 0.407 e. The maximum Gasteiger partial charge on any atom is 0.407 e. The van der Waals surface area contributed by atoms with Gasteiger partial charge in [-0.1, -0.05) is 17.7 Å². The van der Waals surface area contributed by atoms with Crippen molar-refractivity contribution < 1.29 is 64.8 Å². The molecule has 1 rings (SSSR count). The van der Waals surface area contributed by atoms with Crippen molar-refractivity contribution in [1.82, 2.24) is 5.32 Å². The number of carbonyl (C=O) groups excluding carboxylic acids is 1. The summed E-state index contributed by atoms with van der Waals surface area (Å²) < 4.78 is 83.1. The molecule has 0 spiro atoms. The highest BCUT2D eigenvalue weighted by molar-refractivity contribution is 7.86. The molecule has 1 aromatic rings. The summed E-state index contributed by atoms with van der Waals surface area (Å²) in [5.74, 6) is 0. The molecule has 0 radical (unpaired) electrons. The van der Waals surface area contributed by atoms with Crippen LogP contribution in [0.15, 0.2) is 29.2 Å². The Labute approximate surface area is 286 Å². The zero-order chi connectivity index (χ0) is 35.2. The van der Waals surface area contributed by atoms with Gasteiger partial charge in [0.05, 0.1) is 130 Å². The minimum Gasteiger partial charge on any atom is -0.444 e. The summed E-state index contributed by atoms with van der Waals surface area (Å²) in [7, 11) is -3.78. The van der Waals surface area contributed by atoms with Crippen molar-refractivity contribution >= 4 is 16.2 Å². The van der Waals surface area contributed by atoms with Crippen LogP contribution in [0.25, 0.3) is 0 Å². The van der Waals surface area contributed by atoms with Crippen molar-refractivity contribution in [2.24, 2.45) is 0 Å². The minimum atomic E-state index is -3.78. The summed E-state index contributed by atoms with van der Waals surface area (Å²) >= 11 is 0. The Morgan fingerprint density at radius 1 is 0.542 bits per heavy atom. The van der Waals surface area contributed by atoms with E-state index in [2.05, 4.69) is 5.32 Å².